The first kappa shape index (κ1) is 25.2. The van der Waals surface area contributed by atoms with Crippen LogP contribution in [0.25, 0.3) is 0 Å². The fourth-order valence-corrected chi connectivity index (χ4v) is 5.31. The number of para-hydroxylation sites is 1. The molecule has 1 N–H and O–H groups in total. The number of amides is 1. The maximum atomic E-state index is 13.5. The quantitative estimate of drug-likeness (QED) is 0.217. The lowest BCUT2D eigenvalue weighted by Gasteiger charge is -2.48. The van der Waals surface area contributed by atoms with E-state index in [4.69, 9.17) is 4.74 Å². The zero-order chi connectivity index (χ0) is 25.8. The lowest BCUT2D eigenvalue weighted by molar-refractivity contribution is -0.131. The van der Waals surface area contributed by atoms with Gasteiger partial charge in [0.2, 0.25) is 5.91 Å². The number of anilines is 1. The predicted molar refractivity (Wildman–Crippen MR) is 150 cm³/mol. The van der Waals surface area contributed by atoms with Gasteiger partial charge < -0.3 is 14.7 Å². The number of hydrogen-bond acceptors (Lipinski definition) is 3. The standard InChI is InChI=1S/C32H30BrNO3/c1-22-12-14-24(15-13-22)29(35)19-18-28-31(34(32(28)36)26-10-6-3-7-11-26)27-17-16-25(33)20-30(27)37-21-23-8-4-2-5-9-23/h2-17,20,28-29,31,35H,18-19,21H2,1H3. The third-order valence-corrected chi connectivity index (χ3v) is 7.49. The average molecular weight is 557 g/mol. The molecule has 1 heterocycles. The van der Waals surface area contributed by atoms with E-state index in [0.29, 0.717) is 19.4 Å². The van der Waals surface area contributed by atoms with Gasteiger partial charge in [0.15, 0.2) is 0 Å². The highest BCUT2D eigenvalue weighted by molar-refractivity contribution is 9.10. The molecule has 1 fully saturated rings. The third kappa shape index (κ3) is 5.63. The third-order valence-electron chi connectivity index (χ3n) is 6.99. The Morgan fingerprint density at radius 1 is 0.919 bits per heavy atom. The molecule has 0 saturated carbocycles. The summed E-state index contributed by atoms with van der Waals surface area (Å²) in [6.07, 6.45) is 0.476. The Hall–Kier alpha value is -3.41. The summed E-state index contributed by atoms with van der Waals surface area (Å²) in [5.41, 5.74) is 4.95. The normalized spacial score (nSPS) is 17.8. The Morgan fingerprint density at radius 2 is 1.59 bits per heavy atom. The molecule has 1 aliphatic rings. The number of carbonyl (C=O) groups is 1. The number of benzene rings is 4. The Kier molecular flexibility index (Phi) is 7.73. The Balaban J connectivity index is 1.42. The SMILES string of the molecule is Cc1ccc(C(O)CCC2C(=O)N(c3ccccc3)C2c2ccc(Br)cc2OCc2ccccc2)cc1. The first-order chi connectivity index (χ1) is 18.0. The Bertz CT molecular complexity index is 1340. The van der Waals surface area contributed by atoms with E-state index in [9.17, 15) is 9.90 Å². The molecule has 4 aromatic rings. The van der Waals surface area contributed by atoms with E-state index in [-0.39, 0.29) is 17.9 Å². The van der Waals surface area contributed by atoms with Crippen molar-refractivity contribution in [1.82, 2.24) is 0 Å². The maximum Gasteiger partial charge on any atom is 0.233 e. The van der Waals surface area contributed by atoms with Crippen LogP contribution in [0.2, 0.25) is 0 Å². The summed E-state index contributed by atoms with van der Waals surface area (Å²) in [6, 6.07) is 33.6. The second-order valence-electron chi connectivity index (χ2n) is 9.56. The molecule has 3 atom stereocenters. The zero-order valence-electron chi connectivity index (χ0n) is 20.8. The van der Waals surface area contributed by atoms with E-state index >= 15 is 0 Å². The van der Waals surface area contributed by atoms with Crippen molar-refractivity contribution in [2.24, 2.45) is 5.92 Å². The number of carbonyl (C=O) groups excluding carboxylic acids is 1. The molecule has 5 rings (SSSR count). The number of nitrogens with zero attached hydrogens (tertiary/aromatic N) is 1. The van der Waals surface area contributed by atoms with Crippen molar-refractivity contribution in [3.63, 3.8) is 0 Å². The lowest BCUT2D eigenvalue weighted by atomic mass is 9.78. The number of rotatable bonds is 9. The summed E-state index contributed by atoms with van der Waals surface area (Å²) in [5.74, 6) is 0.575. The topological polar surface area (TPSA) is 49.8 Å². The molecule has 4 aromatic carbocycles. The van der Waals surface area contributed by atoms with Crippen LogP contribution in [-0.4, -0.2) is 11.0 Å². The van der Waals surface area contributed by atoms with Crippen LogP contribution in [0.1, 0.15) is 47.2 Å². The molecular formula is C32H30BrNO3. The van der Waals surface area contributed by atoms with Crippen molar-refractivity contribution in [3.05, 3.63) is 130 Å². The molecule has 0 aliphatic carbocycles. The monoisotopic (exact) mass is 555 g/mol. The van der Waals surface area contributed by atoms with E-state index in [0.717, 1.165) is 38.2 Å². The molecule has 1 amide bonds. The van der Waals surface area contributed by atoms with Gasteiger partial charge in [-0.1, -0.05) is 100 Å². The van der Waals surface area contributed by atoms with Gasteiger partial charge in [-0.15, -0.1) is 0 Å². The van der Waals surface area contributed by atoms with Crippen molar-refractivity contribution in [1.29, 1.82) is 0 Å². The van der Waals surface area contributed by atoms with Crippen LogP contribution in [0.3, 0.4) is 0 Å². The maximum absolute atomic E-state index is 13.5. The first-order valence-electron chi connectivity index (χ1n) is 12.6. The number of aliphatic hydroxyl groups excluding tert-OH is 1. The second-order valence-corrected chi connectivity index (χ2v) is 10.5. The summed E-state index contributed by atoms with van der Waals surface area (Å²) in [5, 5.41) is 10.9. The predicted octanol–water partition coefficient (Wildman–Crippen LogP) is 7.55. The highest BCUT2D eigenvalue weighted by Gasteiger charge is 2.49. The minimum absolute atomic E-state index is 0.0734. The summed E-state index contributed by atoms with van der Waals surface area (Å²) in [7, 11) is 0. The van der Waals surface area contributed by atoms with Gasteiger partial charge in [0, 0.05) is 15.7 Å². The van der Waals surface area contributed by atoms with Crippen LogP contribution >= 0.6 is 15.9 Å². The van der Waals surface area contributed by atoms with Crippen LogP contribution in [0.4, 0.5) is 5.69 Å². The zero-order valence-corrected chi connectivity index (χ0v) is 22.3. The van der Waals surface area contributed by atoms with Gasteiger partial charge in [-0.2, -0.15) is 0 Å². The van der Waals surface area contributed by atoms with Crippen molar-refractivity contribution in [2.75, 3.05) is 4.90 Å². The molecule has 0 bridgehead atoms. The number of aryl methyl sites for hydroxylation is 1. The number of halogens is 1. The van der Waals surface area contributed by atoms with Crippen molar-refractivity contribution in [3.8, 4) is 5.75 Å². The molecule has 1 aliphatic heterocycles. The minimum atomic E-state index is -0.612. The fourth-order valence-electron chi connectivity index (χ4n) is 4.97. The Labute approximate surface area is 226 Å². The van der Waals surface area contributed by atoms with Gasteiger partial charge in [-0.25, -0.2) is 0 Å². The number of ether oxygens (including phenoxy) is 1. The van der Waals surface area contributed by atoms with E-state index in [1.165, 1.54) is 0 Å². The first-order valence-corrected chi connectivity index (χ1v) is 13.4. The summed E-state index contributed by atoms with van der Waals surface area (Å²) in [6.45, 7) is 2.47. The van der Waals surface area contributed by atoms with Crippen LogP contribution in [-0.2, 0) is 11.4 Å². The highest BCUT2D eigenvalue weighted by Crippen LogP contribution is 2.49. The smallest absolute Gasteiger partial charge is 0.233 e. The van der Waals surface area contributed by atoms with E-state index in [1.54, 1.807) is 0 Å². The van der Waals surface area contributed by atoms with Crippen molar-refractivity contribution >= 4 is 27.5 Å². The number of aliphatic hydroxyl groups is 1. The molecule has 1 saturated heterocycles. The van der Waals surface area contributed by atoms with Crippen molar-refractivity contribution < 1.29 is 14.6 Å². The molecule has 0 radical (unpaired) electrons. The molecule has 188 valence electrons. The van der Waals surface area contributed by atoms with E-state index in [1.807, 2.05) is 115 Å². The summed E-state index contributed by atoms with van der Waals surface area (Å²) < 4.78 is 7.24. The summed E-state index contributed by atoms with van der Waals surface area (Å²) >= 11 is 3.59. The molecule has 5 heteroatoms. The van der Waals surface area contributed by atoms with Gasteiger partial charge in [0.1, 0.15) is 12.4 Å². The van der Waals surface area contributed by atoms with Gasteiger partial charge in [-0.3, -0.25) is 4.79 Å². The molecule has 3 unspecified atom stereocenters. The van der Waals surface area contributed by atoms with Gasteiger partial charge >= 0.3 is 0 Å². The number of hydrogen-bond donors (Lipinski definition) is 1. The average Bonchev–Trinajstić information content (AvgIpc) is 2.92. The minimum Gasteiger partial charge on any atom is -0.489 e. The van der Waals surface area contributed by atoms with Gasteiger partial charge in [0.05, 0.1) is 18.1 Å². The van der Waals surface area contributed by atoms with Crippen molar-refractivity contribution in [2.45, 2.75) is 38.5 Å². The van der Waals surface area contributed by atoms with Crippen LogP contribution in [0.5, 0.6) is 5.75 Å². The van der Waals surface area contributed by atoms with E-state index < -0.39 is 6.10 Å². The second kappa shape index (κ2) is 11.3. The van der Waals surface area contributed by atoms with Crippen LogP contribution in [0, 0.1) is 12.8 Å². The van der Waals surface area contributed by atoms with Crippen LogP contribution < -0.4 is 9.64 Å². The summed E-state index contributed by atoms with van der Waals surface area (Å²) in [4.78, 5) is 15.4. The highest BCUT2D eigenvalue weighted by atomic mass is 79.9. The fraction of sp³-hybridized carbons (Fsp3) is 0.219. The molecule has 0 aromatic heterocycles. The molecule has 4 nitrogen and oxygen atoms in total. The molecule has 0 spiro atoms. The lowest BCUT2D eigenvalue weighted by Crippen LogP contribution is -2.55. The molecular weight excluding hydrogens is 526 g/mol. The number of β-lactam (4-membered cyclic amide) rings is 1. The largest absolute Gasteiger partial charge is 0.489 e. The van der Waals surface area contributed by atoms with Gasteiger partial charge in [0.25, 0.3) is 0 Å². The van der Waals surface area contributed by atoms with E-state index in [2.05, 4.69) is 15.9 Å². The van der Waals surface area contributed by atoms with Crippen LogP contribution in [0.15, 0.2) is 108 Å². The molecule has 37 heavy (non-hydrogen) atoms. The Morgan fingerprint density at radius 3 is 2.30 bits per heavy atom. The van der Waals surface area contributed by atoms with Gasteiger partial charge in [-0.05, 0) is 55.2 Å².